The molecule has 0 heterocycles. The summed E-state index contributed by atoms with van der Waals surface area (Å²) < 4.78 is 26.6. The van der Waals surface area contributed by atoms with Gasteiger partial charge < -0.3 is 5.32 Å². The normalized spacial score (nSPS) is 11.8. The summed E-state index contributed by atoms with van der Waals surface area (Å²) in [6.45, 7) is 1.82. The fourth-order valence-corrected chi connectivity index (χ4v) is 2.08. The maximum Gasteiger partial charge on any atom is 0.150 e. The summed E-state index contributed by atoms with van der Waals surface area (Å²) in [7, 11) is 0. The van der Waals surface area contributed by atoms with Gasteiger partial charge in [-0.05, 0) is 30.7 Å². The molecule has 0 saturated carbocycles. The summed E-state index contributed by atoms with van der Waals surface area (Å²) >= 11 is 5.83. The van der Waals surface area contributed by atoms with Crippen molar-refractivity contribution in [3.8, 4) is 6.07 Å². The molecule has 1 unspecified atom stereocenters. The number of halogens is 3. The van der Waals surface area contributed by atoms with Gasteiger partial charge in [-0.25, -0.2) is 8.78 Å². The minimum Gasteiger partial charge on any atom is -0.375 e. The third-order valence-corrected chi connectivity index (χ3v) is 3.21. The molecule has 0 aliphatic carbocycles. The van der Waals surface area contributed by atoms with Gasteiger partial charge in [-0.3, -0.25) is 0 Å². The first kappa shape index (κ1) is 14.3. The Morgan fingerprint density at radius 3 is 2.40 bits per heavy atom. The van der Waals surface area contributed by atoms with Gasteiger partial charge in [-0.2, -0.15) is 5.26 Å². The van der Waals surface area contributed by atoms with E-state index in [1.54, 1.807) is 24.3 Å². The zero-order valence-corrected chi connectivity index (χ0v) is 11.4. The molecule has 0 bridgehead atoms. The molecule has 5 heteroatoms. The molecule has 0 aliphatic heterocycles. The summed E-state index contributed by atoms with van der Waals surface area (Å²) in [4.78, 5) is 0. The average molecular weight is 293 g/mol. The van der Waals surface area contributed by atoms with Crippen LogP contribution in [0.25, 0.3) is 0 Å². The lowest BCUT2D eigenvalue weighted by molar-refractivity contribution is 0.584. The quantitative estimate of drug-likeness (QED) is 0.893. The van der Waals surface area contributed by atoms with Crippen molar-refractivity contribution < 1.29 is 8.78 Å². The standard InChI is InChI=1S/C15H11ClF2N2/c1-9(11-4-2-10(8-19)3-5-11)20-15-13(16)6-12(17)7-14(15)18/h2-7,9,20H,1H3. The lowest BCUT2D eigenvalue weighted by Gasteiger charge is -2.17. The maximum absolute atomic E-state index is 13.7. The van der Waals surface area contributed by atoms with E-state index in [0.29, 0.717) is 5.56 Å². The van der Waals surface area contributed by atoms with E-state index in [9.17, 15) is 8.78 Å². The van der Waals surface area contributed by atoms with Gasteiger partial charge in [0.05, 0.1) is 22.3 Å². The van der Waals surface area contributed by atoms with Crippen LogP contribution in [0.1, 0.15) is 24.1 Å². The van der Waals surface area contributed by atoms with E-state index in [2.05, 4.69) is 5.32 Å². The fourth-order valence-electron chi connectivity index (χ4n) is 1.83. The molecule has 2 nitrogen and oxygen atoms in total. The van der Waals surface area contributed by atoms with Gasteiger partial charge in [-0.15, -0.1) is 0 Å². The van der Waals surface area contributed by atoms with E-state index in [-0.39, 0.29) is 16.8 Å². The smallest absolute Gasteiger partial charge is 0.150 e. The topological polar surface area (TPSA) is 35.8 Å². The van der Waals surface area contributed by atoms with Crippen LogP contribution in [-0.2, 0) is 0 Å². The van der Waals surface area contributed by atoms with Gasteiger partial charge >= 0.3 is 0 Å². The molecule has 2 rings (SSSR count). The molecular formula is C15H11ClF2N2. The molecule has 20 heavy (non-hydrogen) atoms. The van der Waals surface area contributed by atoms with Crippen molar-refractivity contribution in [1.82, 2.24) is 0 Å². The van der Waals surface area contributed by atoms with Gasteiger partial charge in [0, 0.05) is 12.1 Å². The number of nitrogens with one attached hydrogen (secondary N) is 1. The second-order valence-corrected chi connectivity index (χ2v) is 4.75. The molecule has 0 spiro atoms. The molecule has 102 valence electrons. The van der Waals surface area contributed by atoms with Crippen LogP contribution in [-0.4, -0.2) is 0 Å². The van der Waals surface area contributed by atoms with Gasteiger partial charge in [-0.1, -0.05) is 23.7 Å². The van der Waals surface area contributed by atoms with E-state index < -0.39 is 11.6 Å². The molecule has 1 N–H and O–H groups in total. The Hall–Kier alpha value is -2.12. The third-order valence-electron chi connectivity index (χ3n) is 2.91. The maximum atomic E-state index is 13.7. The second kappa shape index (κ2) is 5.89. The highest BCUT2D eigenvalue weighted by molar-refractivity contribution is 6.33. The molecule has 0 amide bonds. The Labute approximate surface area is 120 Å². The van der Waals surface area contributed by atoms with Crippen LogP contribution >= 0.6 is 11.6 Å². The van der Waals surface area contributed by atoms with Crippen LogP contribution in [0.15, 0.2) is 36.4 Å². The van der Waals surface area contributed by atoms with Gasteiger partial charge in [0.1, 0.15) is 5.82 Å². The van der Waals surface area contributed by atoms with E-state index in [0.717, 1.165) is 17.7 Å². The number of rotatable bonds is 3. The van der Waals surface area contributed by atoms with Crippen LogP contribution in [0.5, 0.6) is 0 Å². The zero-order chi connectivity index (χ0) is 14.7. The highest BCUT2D eigenvalue weighted by Gasteiger charge is 2.13. The van der Waals surface area contributed by atoms with Crippen molar-refractivity contribution in [1.29, 1.82) is 5.26 Å². The van der Waals surface area contributed by atoms with Crippen molar-refractivity contribution >= 4 is 17.3 Å². The number of anilines is 1. The lowest BCUT2D eigenvalue weighted by Crippen LogP contribution is -2.08. The zero-order valence-electron chi connectivity index (χ0n) is 10.6. The van der Waals surface area contributed by atoms with Crippen LogP contribution in [0, 0.1) is 23.0 Å². The Morgan fingerprint density at radius 1 is 1.20 bits per heavy atom. The first-order valence-corrected chi connectivity index (χ1v) is 6.30. The third kappa shape index (κ3) is 3.06. The Balaban J connectivity index is 2.23. The minimum absolute atomic E-state index is 0.0111. The lowest BCUT2D eigenvalue weighted by atomic mass is 10.1. The predicted molar refractivity (Wildman–Crippen MR) is 74.6 cm³/mol. The van der Waals surface area contributed by atoms with Crippen molar-refractivity contribution in [2.24, 2.45) is 0 Å². The Morgan fingerprint density at radius 2 is 1.85 bits per heavy atom. The molecule has 2 aromatic carbocycles. The number of hydrogen-bond acceptors (Lipinski definition) is 2. The summed E-state index contributed by atoms with van der Waals surface area (Å²) in [5, 5.41) is 11.6. The summed E-state index contributed by atoms with van der Waals surface area (Å²) in [6, 6.07) is 10.5. The summed E-state index contributed by atoms with van der Waals surface area (Å²) in [5.41, 5.74) is 1.47. The van der Waals surface area contributed by atoms with E-state index in [1.807, 2.05) is 13.0 Å². The molecule has 0 aromatic heterocycles. The molecule has 2 aromatic rings. The van der Waals surface area contributed by atoms with Crippen molar-refractivity contribution in [2.45, 2.75) is 13.0 Å². The molecule has 1 atom stereocenters. The summed E-state index contributed by atoms with van der Waals surface area (Å²) in [6.07, 6.45) is 0. The largest absolute Gasteiger partial charge is 0.375 e. The molecule has 0 radical (unpaired) electrons. The average Bonchev–Trinajstić information content (AvgIpc) is 2.42. The number of hydrogen-bond donors (Lipinski definition) is 1. The monoisotopic (exact) mass is 292 g/mol. The molecule has 0 aliphatic rings. The Kier molecular flexibility index (Phi) is 4.21. The fraction of sp³-hybridized carbons (Fsp3) is 0.133. The van der Waals surface area contributed by atoms with E-state index in [1.165, 1.54) is 0 Å². The molecule has 0 saturated heterocycles. The van der Waals surface area contributed by atoms with E-state index >= 15 is 0 Å². The van der Waals surface area contributed by atoms with Crippen molar-refractivity contribution in [3.63, 3.8) is 0 Å². The molecule has 0 fully saturated rings. The van der Waals surface area contributed by atoms with Crippen molar-refractivity contribution in [2.75, 3.05) is 5.32 Å². The highest BCUT2D eigenvalue weighted by Crippen LogP contribution is 2.29. The summed E-state index contributed by atoms with van der Waals surface area (Å²) in [5.74, 6) is -1.46. The number of nitriles is 1. The highest BCUT2D eigenvalue weighted by atomic mass is 35.5. The van der Waals surface area contributed by atoms with Gasteiger partial charge in [0.2, 0.25) is 0 Å². The van der Waals surface area contributed by atoms with Crippen LogP contribution in [0.2, 0.25) is 5.02 Å². The van der Waals surface area contributed by atoms with Crippen LogP contribution in [0.3, 0.4) is 0 Å². The number of benzene rings is 2. The second-order valence-electron chi connectivity index (χ2n) is 4.34. The Bertz CT molecular complexity index is 640. The predicted octanol–water partition coefficient (Wildman–Crippen LogP) is 4.66. The van der Waals surface area contributed by atoms with Gasteiger partial charge in [0.15, 0.2) is 5.82 Å². The van der Waals surface area contributed by atoms with Crippen LogP contribution in [0.4, 0.5) is 14.5 Å². The van der Waals surface area contributed by atoms with Gasteiger partial charge in [0.25, 0.3) is 0 Å². The first-order chi connectivity index (χ1) is 9.51. The molecular weight excluding hydrogens is 282 g/mol. The number of nitrogens with zero attached hydrogens (tertiary/aromatic N) is 1. The van der Waals surface area contributed by atoms with Crippen LogP contribution < -0.4 is 5.32 Å². The SMILES string of the molecule is CC(Nc1c(F)cc(F)cc1Cl)c1ccc(C#N)cc1. The van der Waals surface area contributed by atoms with E-state index in [4.69, 9.17) is 16.9 Å². The van der Waals surface area contributed by atoms with Crippen molar-refractivity contribution in [3.05, 3.63) is 64.2 Å². The first-order valence-electron chi connectivity index (χ1n) is 5.92. The minimum atomic E-state index is -0.740.